The molecule has 3 rings (SSSR count). The van der Waals surface area contributed by atoms with E-state index in [1.165, 1.54) is 0 Å². The second kappa shape index (κ2) is 9.21. The van der Waals surface area contributed by atoms with Gasteiger partial charge in [0.25, 0.3) is 5.91 Å². The molecule has 0 fully saturated rings. The predicted molar refractivity (Wildman–Crippen MR) is 109 cm³/mol. The number of ether oxygens (including phenoxy) is 1. The third-order valence-electron chi connectivity index (χ3n) is 3.72. The van der Waals surface area contributed by atoms with Crippen LogP contribution < -0.4 is 10.2 Å². The van der Waals surface area contributed by atoms with Crippen molar-refractivity contribution in [3.05, 3.63) is 99.5 Å². The highest BCUT2D eigenvalue weighted by Gasteiger charge is 2.12. The first-order chi connectivity index (χ1) is 13.1. The van der Waals surface area contributed by atoms with E-state index in [0.29, 0.717) is 21.4 Å². The summed E-state index contributed by atoms with van der Waals surface area (Å²) in [5.41, 5.74) is 4.56. The molecule has 3 aromatic carbocycles. The fraction of sp³-hybridized carbons (Fsp3) is 0.0476. The molecule has 0 spiro atoms. The Hall–Kier alpha value is -2.82. The number of hydrogen-bond donors (Lipinski definition) is 1. The maximum absolute atomic E-state index is 12.4. The zero-order valence-electron chi connectivity index (χ0n) is 14.2. The molecule has 1 amide bonds. The lowest BCUT2D eigenvalue weighted by atomic mass is 10.2. The number of benzene rings is 3. The highest BCUT2D eigenvalue weighted by molar-refractivity contribution is 6.31. The van der Waals surface area contributed by atoms with Gasteiger partial charge in [-0.25, -0.2) is 5.43 Å². The molecule has 0 heterocycles. The Morgan fingerprint density at radius 2 is 1.67 bits per heavy atom. The van der Waals surface area contributed by atoms with Crippen LogP contribution in [0.1, 0.15) is 21.5 Å². The Kier molecular flexibility index (Phi) is 6.47. The monoisotopic (exact) mass is 398 g/mol. The van der Waals surface area contributed by atoms with Gasteiger partial charge in [-0.2, -0.15) is 5.10 Å². The molecule has 0 atom stereocenters. The van der Waals surface area contributed by atoms with E-state index in [2.05, 4.69) is 10.5 Å². The summed E-state index contributed by atoms with van der Waals surface area (Å²) in [6.07, 6.45) is 1.54. The van der Waals surface area contributed by atoms with E-state index in [1.54, 1.807) is 60.8 Å². The Morgan fingerprint density at radius 1 is 0.963 bits per heavy atom. The molecule has 0 unspecified atom stereocenters. The number of halogens is 2. The fourth-order valence-corrected chi connectivity index (χ4v) is 2.64. The van der Waals surface area contributed by atoms with Crippen molar-refractivity contribution in [1.82, 2.24) is 5.43 Å². The normalized spacial score (nSPS) is 10.7. The third-order valence-corrected chi connectivity index (χ3v) is 4.34. The van der Waals surface area contributed by atoms with Crippen LogP contribution in [0.2, 0.25) is 10.0 Å². The van der Waals surface area contributed by atoms with E-state index in [4.69, 9.17) is 27.9 Å². The standard InChI is InChI=1S/C21H16Cl2N2O2/c22-17-11-9-15(10-12-17)13-24-25-21(26)18-6-2-4-8-20(18)27-14-16-5-1-3-7-19(16)23/h1-13H,14H2,(H,25,26)/b24-13+. The van der Waals surface area contributed by atoms with Crippen molar-refractivity contribution >= 4 is 35.3 Å². The molecule has 0 aliphatic carbocycles. The molecule has 0 saturated heterocycles. The molecule has 6 heteroatoms. The molecule has 0 saturated carbocycles. The van der Waals surface area contributed by atoms with Gasteiger partial charge in [0.1, 0.15) is 12.4 Å². The molecule has 0 bridgehead atoms. The van der Waals surface area contributed by atoms with Crippen LogP contribution in [0.15, 0.2) is 77.9 Å². The number of nitrogens with zero attached hydrogens (tertiary/aromatic N) is 1. The molecule has 0 aromatic heterocycles. The van der Waals surface area contributed by atoms with E-state index in [-0.39, 0.29) is 12.5 Å². The van der Waals surface area contributed by atoms with Crippen molar-refractivity contribution in [2.45, 2.75) is 6.61 Å². The molecule has 1 N–H and O–H groups in total. The maximum Gasteiger partial charge on any atom is 0.275 e. The average Bonchev–Trinajstić information content (AvgIpc) is 2.69. The average molecular weight is 399 g/mol. The van der Waals surface area contributed by atoms with Crippen molar-refractivity contribution < 1.29 is 9.53 Å². The zero-order valence-corrected chi connectivity index (χ0v) is 15.7. The highest BCUT2D eigenvalue weighted by Crippen LogP contribution is 2.22. The summed E-state index contributed by atoms with van der Waals surface area (Å²) in [7, 11) is 0. The predicted octanol–water partition coefficient (Wildman–Crippen LogP) is 5.34. The van der Waals surface area contributed by atoms with Crippen LogP contribution in [0.3, 0.4) is 0 Å². The molecule has 27 heavy (non-hydrogen) atoms. The first-order valence-corrected chi connectivity index (χ1v) is 8.93. The Labute approximate surface area is 167 Å². The van der Waals surface area contributed by atoms with Crippen molar-refractivity contribution in [3.63, 3.8) is 0 Å². The molecule has 136 valence electrons. The van der Waals surface area contributed by atoms with Crippen LogP contribution in [0, 0.1) is 0 Å². The van der Waals surface area contributed by atoms with E-state index >= 15 is 0 Å². The van der Waals surface area contributed by atoms with Gasteiger partial charge in [0.05, 0.1) is 11.8 Å². The zero-order chi connectivity index (χ0) is 19.1. The smallest absolute Gasteiger partial charge is 0.275 e. The minimum atomic E-state index is -0.366. The topological polar surface area (TPSA) is 50.7 Å². The highest BCUT2D eigenvalue weighted by atomic mass is 35.5. The summed E-state index contributed by atoms with van der Waals surface area (Å²) in [6, 6.07) is 21.5. The number of carbonyl (C=O) groups excluding carboxylic acids is 1. The molecule has 4 nitrogen and oxygen atoms in total. The Balaban J connectivity index is 1.66. The third kappa shape index (κ3) is 5.33. The lowest BCUT2D eigenvalue weighted by Gasteiger charge is -2.11. The van der Waals surface area contributed by atoms with Gasteiger partial charge in [0.15, 0.2) is 0 Å². The summed E-state index contributed by atoms with van der Waals surface area (Å²) in [4.78, 5) is 12.4. The van der Waals surface area contributed by atoms with E-state index < -0.39 is 0 Å². The van der Waals surface area contributed by atoms with Gasteiger partial charge < -0.3 is 4.74 Å². The minimum Gasteiger partial charge on any atom is -0.488 e. The number of nitrogens with one attached hydrogen (secondary N) is 1. The molecule has 3 aromatic rings. The Morgan fingerprint density at radius 3 is 2.44 bits per heavy atom. The number of hydrazone groups is 1. The van der Waals surface area contributed by atoms with Crippen LogP contribution in [0.4, 0.5) is 0 Å². The van der Waals surface area contributed by atoms with Crippen molar-refractivity contribution in [3.8, 4) is 5.75 Å². The van der Waals surface area contributed by atoms with Crippen molar-refractivity contribution in [2.24, 2.45) is 5.10 Å². The minimum absolute atomic E-state index is 0.262. The summed E-state index contributed by atoms with van der Waals surface area (Å²) >= 11 is 12.0. The van der Waals surface area contributed by atoms with Gasteiger partial charge in [-0.15, -0.1) is 0 Å². The summed E-state index contributed by atoms with van der Waals surface area (Å²) in [5.74, 6) is 0.0894. The van der Waals surface area contributed by atoms with Crippen molar-refractivity contribution in [1.29, 1.82) is 0 Å². The van der Waals surface area contributed by atoms with Gasteiger partial charge in [-0.05, 0) is 35.9 Å². The van der Waals surface area contributed by atoms with Crippen LogP contribution in [-0.2, 0) is 6.61 Å². The van der Waals surface area contributed by atoms with Gasteiger partial charge in [0, 0.05) is 15.6 Å². The maximum atomic E-state index is 12.4. The summed E-state index contributed by atoms with van der Waals surface area (Å²) in [5, 5.41) is 5.23. The molecule has 0 aliphatic rings. The molecule has 0 radical (unpaired) electrons. The number of amides is 1. The fourth-order valence-electron chi connectivity index (χ4n) is 2.33. The lowest BCUT2D eigenvalue weighted by Crippen LogP contribution is -2.18. The molecular weight excluding hydrogens is 383 g/mol. The summed E-state index contributed by atoms with van der Waals surface area (Å²) in [6.45, 7) is 0.262. The first kappa shape index (κ1) is 19.0. The molecule has 0 aliphatic heterocycles. The number of carbonyl (C=O) groups is 1. The van der Waals surface area contributed by atoms with Gasteiger partial charge in [-0.1, -0.05) is 65.7 Å². The van der Waals surface area contributed by atoms with Crippen LogP contribution in [-0.4, -0.2) is 12.1 Å². The second-order valence-electron chi connectivity index (χ2n) is 5.63. The quantitative estimate of drug-likeness (QED) is 0.450. The largest absolute Gasteiger partial charge is 0.488 e. The second-order valence-corrected chi connectivity index (χ2v) is 6.47. The van der Waals surface area contributed by atoms with E-state index in [1.807, 2.05) is 18.2 Å². The lowest BCUT2D eigenvalue weighted by molar-refractivity contribution is 0.0950. The number of hydrogen-bond acceptors (Lipinski definition) is 3. The SMILES string of the molecule is O=C(N/N=C/c1ccc(Cl)cc1)c1ccccc1OCc1ccccc1Cl. The number of para-hydroxylation sites is 1. The Bertz CT molecular complexity index is 956. The van der Waals surface area contributed by atoms with E-state index in [0.717, 1.165) is 11.1 Å². The van der Waals surface area contributed by atoms with Crippen LogP contribution in [0.25, 0.3) is 0 Å². The van der Waals surface area contributed by atoms with Crippen LogP contribution in [0.5, 0.6) is 5.75 Å². The number of rotatable bonds is 6. The van der Waals surface area contributed by atoms with Gasteiger partial charge >= 0.3 is 0 Å². The van der Waals surface area contributed by atoms with Crippen LogP contribution >= 0.6 is 23.2 Å². The van der Waals surface area contributed by atoms with E-state index in [9.17, 15) is 4.79 Å². The first-order valence-electron chi connectivity index (χ1n) is 8.17. The van der Waals surface area contributed by atoms with Crippen molar-refractivity contribution in [2.75, 3.05) is 0 Å². The van der Waals surface area contributed by atoms with Gasteiger partial charge in [-0.3, -0.25) is 4.79 Å². The summed E-state index contributed by atoms with van der Waals surface area (Å²) < 4.78 is 5.79. The van der Waals surface area contributed by atoms with Gasteiger partial charge in [0.2, 0.25) is 0 Å². The molecular formula is C21H16Cl2N2O2.